The molecule has 1 heterocycles. The van der Waals surface area contributed by atoms with Crippen molar-refractivity contribution in [3.63, 3.8) is 0 Å². The highest BCUT2D eigenvalue weighted by Crippen LogP contribution is 2.24. The van der Waals surface area contributed by atoms with Gasteiger partial charge in [-0.1, -0.05) is 68.4 Å². The highest BCUT2D eigenvalue weighted by molar-refractivity contribution is 5.94. The fraction of sp³-hybridized carbons (Fsp3) is 0.241. The van der Waals surface area contributed by atoms with Crippen molar-refractivity contribution in [1.29, 1.82) is 0 Å². The van der Waals surface area contributed by atoms with E-state index in [1.54, 1.807) is 18.2 Å². The third-order valence-corrected chi connectivity index (χ3v) is 6.22. The molecule has 0 spiro atoms. The molecule has 7 heteroatoms. The largest absolute Gasteiger partial charge is 0.324 e. The van der Waals surface area contributed by atoms with Crippen LogP contribution in [0.5, 0.6) is 0 Å². The number of benzene rings is 3. The minimum Gasteiger partial charge on any atom is -0.324 e. The van der Waals surface area contributed by atoms with Crippen LogP contribution in [0.25, 0.3) is 11.0 Å². The maximum absolute atomic E-state index is 13.7. The number of carbonyl (C=O) groups excluding carboxylic acids is 2. The number of fused-ring (bicyclic) bond motifs is 1. The van der Waals surface area contributed by atoms with Gasteiger partial charge in [0, 0.05) is 12.6 Å². The van der Waals surface area contributed by atoms with Crippen molar-refractivity contribution in [2.45, 2.75) is 46.7 Å². The summed E-state index contributed by atoms with van der Waals surface area (Å²) in [5, 5.41) is 2.95. The van der Waals surface area contributed by atoms with E-state index in [4.69, 9.17) is 0 Å². The lowest BCUT2D eigenvalue weighted by atomic mass is 10.0. The van der Waals surface area contributed by atoms with Crippen LogP contribution in [0.15, 0.2) is 77.6 Å². The van der Waals surface area contributed by atoms with E-state index in [1.807, 2.05) is 61.5 Å². The highest BCUT2D eigenvalue weighted by atomic mass is 16.2. The molecule has 184 valence electrons. The first-order valence-electron chi connectivity index (χ1n) is 12.0. The summed E-state index contributed by atoms with van der Waals surface area (Å²) in [6, 6.07) is 22.5. The predicted molar refractivity (Wildman–Crippen MR) is 143 cm³/mol. The first-order chi connectivity index (χ1) is 17.3. The number of nitrogens with one attached hydrogen (secondary N) is 1. The van der Waals surface area contributed by atoms with Gasteiger partial charge in [0.2, 0.25) is 17.6 Å². The van der Waals surface area contributed by atoms with Gasteiger partial charge in [0.05, 0.1) is 17.6 Å². The summed E-state index contributed by atoms with van der Waals surface area (Å²) < 4.78 is 1.39. The topological polar surface area (TPSA) is 84.3 Å². The Hall–Kier alpha value is -4.26. The average Bonchev–Trinajstić information content (AvgIpc) is 2.85. The van der Waals surface area contributed by atoms with E-state index in [1.165, 1.54) is 16.4 Å². The van der Waals surface area contributed by atoms with Gasteiger partial charge < -0.3 is 5.32 Å². The molecule has 0 atom stereocenters. The SMILES string of the molecule is CC(=O)N(Cc1ccccc1C)c1nc2ccccc2n(CC(=O)Nc2ccccc2C(C)C)c1=O. The van der Waals surface area contributed by atoms with Gasteiger partial charge in [-0.15, -0.1) is 0 Å². The number of nitrogens with zero attached hydrogens (tertiary/aromatic N) is 3. The highest BCUT2D eigenvalue weighted by Gasteiger charge is 2.22. The number of aryl methyl sites for hydroxylation is 1. The van der Waals surface area contributed by atoms with Gasteiger partial charge in [0.1, 0.15) is 6.54 Å². The molecule has 0 aliphatic rings. The molecule has 1 aromatic heterocycles. The molecule has 4 aromatic rings. The summed E-state index contributed by atoms with van der Waals surface area (Å²) in [6.45, 7) is 7.48. The fourth-order valence-corrected chi connectivity index (χ4v) is 4.25. The van der Waals surface area contributed by atoms with Crippen molar-refractivity contribution in [3.8, 4) is 0 Å². The van der Waals surface area contributed by atoms with Crippen molar-refractivity contribution in [1.82, 2.24) is 9.55 Å². The zero-order valence-corrected chi connectivity index (χ0v) is 21.0. The summed E-state index contributed by atoms with van der Waals surface area (Å²) in [6.07, 6.45) is 0. The standard InChI is InChI=1S/C29H30N4O3/c1-19(2)23-13-7-8-14-24(23)30-27(35)18-33-26-16-10-9-15-25(26)31-28(29(33)36)32(21(4)34)17-22-12-6-5-11-20(22)3/h5-16,19H,17-18H2,1-4H3,(H,30,35). The molecule has 4 rings (SSSR count). The van der Waals surface area contributed by atoms with Crippen LogP contribution in [0.3, 0.4) is 0 Å². The Morgan fingerprint density at radius 3 is 2.36 bits per heavy atom. The Bertz CT molecular complexity index is 1490. The Balaban J connectivity index is 1.75. The van der Waals surface area contributed by atoms with Crippen LogP contribution in [-0.2, 0) is 22.7 Å². The molecule has 3 aromatic carbocycles. The molecule has 0 saturated heterocycles. The normalized spacial score (nSPS) is 11.0. The molecular formula is C29H30N4O3. The summed E-state index contributed by atoms with van der Waals surface area (Å²) in [4.78, 5) is 45.4. The monoisotopic (exact) mass is 482 g/mol. The molecule has 0 aliphatic heterocycles. The van der Waals surface area contributed by atoms with Gasteiger partial charge in [0.25, 0.3) is 5.56 Å². The van der Waals surface area contributed by atoms with Crippen LogP contribution >= 0.6 is 0 Å². The lowest BCUT2D eigenvalue weighted by Gasteiger charge is -2.22. The van der Waals surface area contributed by atoms with E-state index >= 15 is 0 Å². The predicted octanol–water partition coefficient (Wildman–Crippen LogP) is 5.02. The fourth-order valence-electron chi connectivity index (χ4n) is 4.25. The first-order valence-corrected chi connectivity index (χ1v) is 12.0. The Labute approximate surface area is 210 Å². The zero-order valence-electron chi connectivity index (χ0n) is 21.0. The quantitative estimate of drug-likeness (QED) is 0.401. The Morgan fingerprint density at radius 1 is 0.972 bits per heavy atom. The summed E-state index contributed by atoms with van der Waals surface area (Å²) >= 11 is 0. The van der Waals surface area contributed by atoms with E-state index in [-0.39, 0.29) is 36.6 Å². The molecule has 0 radical (unpaired) electrons. The third-order valence-electron chi connectivity index (χ3n) is 6.22. The van der Waals surface area contributed by atoms with Gasteiger partial charge in [-0.2, -0.15) is 0 Å². The van der Waals surface area contributed by atoms with E-state index in [0.717, 1.165) is 16.7 Å². The lowest BCUT2D eigenvalue weighted by molar-refractivity contribution is -0.117. The van der Waals surface area contributed by atoms with Crippen molar-refractivity contribution >= 4 is 34.4 Å². The second kappa shape index (κ2) is 10.6. The minimum absolute atomic E-state index is 0.000154. The minimum atomic E-state index is -0.496. The van der Waals surface area contributed by atoms with Crippen molar-refractivity contribution < 1.29 is 9.59 Å². The Kier molecular flexibility index (Phi) is 7.29. The molecule has 0 aliphatic carbocycles. The number of aromatic nitrogens is 2. The van der Waals surface area contributed by atoms with E-state index < -0.39 is 5.56 Å². The van der Waals surface area contributed by atoms with Crippen LogP contribution in [0.4, 0.5) is 11.5 Å². The Morgan fingerprint density at radius 2 is 1.64 bits per heavy atom. The number of anilines is 2. The zero-order chi connectivity index (χ0) is 25.8. The number of hydrogen-bond donors (Lipinski definition) is 1. The molecule has 2 amide bonds. The van der Waals surface area contributed by atoms with Crippen molar-refractivity contribution in [3.05, 3.63) is 99.8 Å². The second-order valence-electron chi connectivity index (χ2n) is 9.14. The van der Waals surface area contributed by atoms with Crippen LogP contribution in [0.1, 0.15) is 43.4 Å². The first kappa shape index (κ1) is 24.9. The summed E-state index contributed by atoms with van der Waals surface area (Å²) in [5.41, 5.74) is 4.21. The van der Waals surface area contributed by atoms with Gasteiger partial charge in [-0.3, -0.25) is 23.9 Å². The van der Waals surface area contributed by atoms with Crippen molar-refractivity contribution in [2.75, 3.05) is 10.2 Å². The van der Waals surface area contributed by atoms with E-state index in [0.29, 0.717) is 16.7 Å². The number of rotatable bonds is 7. The molecular weight excluding hydrogens is 452 g/mol. The van der Waals surface area contributed by atoms with Gasteiger partial charge in [0.15, 0.2) is 0 Å². The van der Waals surface area contributed by atoms with Gasteiger partial charge in [-0.25, -0.2) is 4.98 Å². The van der Waals surface area contributed by atoms with Crippen molar-refractivity contribution in [2.24, 2.45) is 0 Å². The van der Waals surface area contributed by atoms with Gasteiger partial charge >= 0.3 is 0 Å². The number of carbonyl (C=O) groups is 2. The van der Waals surface area contributed by atoms with E-state index in [2.05, 4.69) is 24.1 Å². The van der Waals surface area contributed by atoms with E-state index in [9.17, 15) is 14.4 Å². The smallest absolute Gasteiger partial charge is 0.294 e. The maximum atomic E-state index is 13.7. The summed E-state index contributed by atoms with van der Waals surface area (Å²) in [5.74, 6) is -0.413. The molecule has 0 bridgehead atoms. The number of para-hydroxylation sites is 3. The van der Waals surface area contributed by atoms with Crippen LogP contribution in [-0.4, -0.2) is 21.4 Å². The molecule has 36 heavy (non-hydrogen) atoms. The van der Waals surface area contributed by atoms with Crippen LogP contribution in [0.2, 0.25) is 0 Å². The molecule has 7 nitrogen and oxygen atoms in total. The van der Waals surface area contributed by atoms with Crippen LogP contribution < -0.4 is 15.8 Å². The summed E-state index contributed by atoms with van der Waals surface area (Å²) in [7, 11) is 0. The molecule has 0 saturated carbocycles. The maximum Gasteiger partial charge on any atom is 0.294 e. The molecule has 1 N–H and O–H groups in total. The second-order valence-corrected chi connectivity index (χ2v) is 9.14. The third kappa shape index (κ3) is 5.20. The molecule has 0 fully saturated rings. The number of amides is 2. The average molecular weight is 483 g/mol. The lowest BCUT2D eigenvalue weighted by Crippen LogP contribution is -2.38. The number of hydrogen-bond acceptors (Lipinski definition) is 4. The van der Waals surface area contributed by atoms with Gasteiger partial charge in [-0.05, 0) is 47.7 Å². The molecule has 0 unspecified atom stereocenters. The van der Waals surface area contributed by atoms with Crippen LogP contribution in [0, 0.1) is 6.92 Å².